The van der Waals surface area contributed by atoms with Gasteiger partial charge >= 0.3 is 6.03 Å². The monoisotopic (exact) mass is 406 g/mol. The van der Waals surface area contributed by atoms with Crippen LogP contribution in [0.2, 0.25) is 0 Å². The molecule has 2 aromatic rings. The number of para-hydroxylation sites is 1. The van der Waals surface area contributed by atoms with Crippen molar-refractivity contribution in [1.29, 1.82) is 0 Å². The second-order valence-electron chi connectivity index (χ2n) is 7.40. The van der Waals surface area contributed by atoms with Crippen LogP contribution in [0.5, 0.6) is 0 Å². The highest BCUT2D eigenvalue weighted by molar-refractivity contribution is 8.00. The van der Waals surface area contributed by atoms with Crippen LogP contribution in [-0.2, 0) is 11.3 Å². The second-order valence-corrected chi connectivity index (χ2v) is 8.71. The quantitative estimate of drug-likeness (QED) is 0.499. The SMILES string of the molecule is C[C@@H](Sc1nc2ccccc2c(=O)n1CCCO)C(=O)NC(=O)NC(C)(C)C. The number of aliphatic hydroxyl groups is 1. The van der Waals surface area contributed by atoms with Crippen LogP contribution >= 0.6 is 11.8 Å². The number of nitrogens with zero attached hydrogens (tertiary/aromatic N) is 2. The lowest BCUT2D eigenvalue weighted by molar-refractivity contribution is -0.119. The molecule has 0 fully saturated rings. The topological polar surface area (TPSA) is 113 Å². The van der Waals surface area contributed by atoms with E-state index >= 15 is 0 Å². The van der Waals surface area contributed by atoms with Gasteiger partial charge in [0.05, 0.1) is 16.2 Å². The fourth-order valence-corrected chi connectivity index (χ4v) is 3.40. The van der Waals surface area contributed by atoms with Gasteiger partial charge in [0.2, 0.25) is 5.91 Å². The maximum Gasteiger partial charge on any atom is 0.321 e. The first kappa shape index (κ1) is 21.9. The van der Waals surface area contributed by atoms with Crippen LogP contribution in [0, 0.1) is 0 Å². The summed E-state index contributed by atoms with van der Waals surface area (Å²) in [5.41, 5.74) is -0.154. The number of benzene rings is 1. The molecule has 0 radical (unpaired) electrons. The van der Waals surface area contributed by atoms with E-state index < -0.39 is 22.7 Å². The van der Waals surface area contributed by atoms with Crippen molar-refractivity contribution >= 4 is 34.6 Å². The van der Waals surface area contributed by atoms with Crippen molar-refractivity contribution in [2.45, 2.75) is 56.6 Å². The molecule has 0 aliphatic rings. The number of rotatable bonds is 6. The average molecular weight is 407 g/mol. The molecule has 0 aliphatic heterocycles. The van der Waals surface area contributed by atoms with Gasteiger partial charge in [-0.05, 0) is 46.2 Å². The van der Waals surface area contributed by atoms with Gasteiger partial charge in [0.25, 0.3) is 5.56 Å². The van der Waals surface area contributed by atoms with Gasteiger partial charge in [0.15, 0.2) is 5.16 Å². The lowest BCUT2D eigenvalue weighted by Gasteiger charge is -2.21. The molecule has 8 nitrogen and oxygen atoms in total. The smallest absolute Gasteiger partial charge is 0.321 e. The zero-order valence-corrected chi connectivity index (χ0v) is 17.3. The number of carbonyl (C=O) groups excluding carboxylic acids is 2. The zero-order valence-electron chi connectivity index (χ0n) is 16.5. The van der Waals surface area contributed by atoms with Crippen LogP contribution < -0.4 is 16.2 Å². The summed E-state index contributed by atoms with van der Waals surface area (Å²) in [4.78, 5) is 41.6. The first-order chi connectivity index (χ1) is 13.1. The number of nitrogens with one attached hydrogen (secondary N) is 2. The van der Waals surface area contributed by atoms with Gasteiger partial charge in [-0.3, -0.25) is 19.5 Å². The molecule has 2 rings (SSSR count). The van der Waals surface area contributed by atoms with Gasteiger partial charge in [-0.25, -0.2) is 9.78 Å². The van der Waals surface area contributed by atoms with Crippen molar-refractivity contribution in [2.24, 2.45) is 0 Å². The molecule has 0 saturated carbocycles. The summed E-state index contributed by atoms with van der Waals surface area (Å²) in [5, 5.41) is 14.3. The lowest BCUT2D eigenvalue weighted by Crippen LogP contribution is -2.49. The molecule has 0 spiro atoms. The predicted octanol–water partition coefficient (Wildman–Crippen LogP) is 1.88. The third-order valence-corrected chi connectivity index (χ3v) is 4.83. The number of hydrogen-bond acceptors (Lipinski definition) is 6. The Morgan fingerprint density at radius 2 is 1.96 bits per heavy atom. The van der Waals surface area contributed by atoms with Crippen LogP contribution in [0.25, 0.3) is 10.9 Å². The minimum absolute atomic E-state index is 0.0631. The Bertz CT molecular complexity index is 920. The zero-order chi connectivity index (χ0) is 20.9. The second kappa shape index (κ2) is 9.20. The van der Waals surface area contributed by atoms with Crippen molar-refractivity contribution < 1.29 is 14.7 Å². The molecule has 152 valence electrons. The molecular formula is C19H26N4O4S. The number of fused-ring (bicyclic) bond motifs is 1. The molecule has 1 aromatic heterocycles. The highest BCUT2D eigenvalue weighted by Crippen LogP contribution is 2.23. The Kier molecular flexibility index (Phi) is 7.20. The van der Waals surface area contributed by atoms with Crippen LogP contribution in [-0.4, -0.2) is 44.0 Å². The predicted molar refractivity (Wildman–Crippen MR) is 109 cm³/mol. The van der Waals surface area contributed by atoms with Crippen molar-refractivity contribution in [2.75, 3.05) is 6.61 Å². The van der Waals surface area contributed by atoms with Gasteiger partial charge in [-0.15, -0.1) is 0 Å². The van der Waals surface area contributed by atoms with Crippen LogP contribution in [0.4, 0.5) is 4.79 Å². The van der Waals surface area contributed by atoms with Gasteiger partial charge in [0.1, 0.15) is 0 Å². The molecular weight excluding hydrogens is 380 g/mol. The van der Waals surface area contributed by atoms with E-state index in [9.17, 15) is 14.4 Å². The molecule has 0 bridgehead atoms. The third-order valence-electron chi connectivity index (χ3n) is 3.74. The Balaban J connectivity index is 2.25. The first-order valence-electron chi connectivity index (χ1n) is 9.02. The number of imide groups is 1. The highest BCUT2D eigenvalue weighted by atomic mass is 32.2. The Hall–Kier alpha value is -2.39. The fourth-order valence-electron chi connectivity index (χ4n) is 2.46. The number of hydrogen-bond donors (Lipinski definition) is 3. The van der Waals surface area contributed by atoms with E-state index in [4.69, 9.17) is 5.11 Å². The van der Waals surface area contributed by atoms with E-state index in [1.165, 1.54) is 4.57 Å². The molecule has 0 saturated heterocycles. The van der Waals surface area contributed by atoms with E-state index in [-0.39, 0.29) is 18.7 Å². The van der Waals surface area contributed by atoms with Gasteiger partial charge in [-0.1, -0.05) is 23.9 Å². The average Bonchev–Trinajstić information content (AvgIpc) is 2.59. The summed E-state index contributed by atoms with van der Waals surface area (Å²) in [6.07, 6.45) is 0.391. The maximum absolute atomic E-state index is 12.8. The Morgan fingerprint density at radius 1 is 1.29 bits per heavy atom. The largest absolute Gasteiger partial charge is 0.396 e. The maximum atomic E-state index is 12.8. The van der Waals surface area contributed by atoms with Crippen molar-refractivity contribution in [1.82, 2.24) is 20.2 Å². The molecule has 1 atom stereocenters. The molecule has 28 heavy (non-hydrogen) atoms. The molecule has 9 heteroatoms. The molecule has 0 unspecified atom stereocenters. The molecule has 1 aromatic carbocycles. The summed E-state index contributed by atoms with van der Waals surface area (Å²) >= 11 is 1.10. The fraction of sp³-hybridized carbons (Fsp3) is 0.474. The van der Waals surface area contributed by atoms with Crippen LogP contribution in [0.3, 0.4) is 0 Å². The number of aliphatic hydroxyl groups excluding tert-OH is 1. The van der Waals surface area contributed by atoms with Crippen molar-refractivity contribution in [3.63, 3.8) is 0 Å². The number of amides is 3. The van der Waals surface area contributed by atoms with Crippen molar-refractivity contribution in [3.05, 3.63) is 34.6 Å². The number of carbonyl (C=O) groups is 2. The number of urea groups is 1. The summed E-state index contributed by atoms with van der Waals surface area (Å²) in [7, 11) is 0. The minimum Gasteiger partial charge on any atom is -0.396 e. The molecule has 0 aliphatic carbocycles. The van der Waals surface area contributed by atoms with Crippen LogP contribution in [0.1, 0.15) is 34.1 Å². The summed E-state index contributed by atoms with van der Waals surface area (Å²) in [5.74, 6) is -0.483. The van der Waals surface area contributed by atoms with E-state index in [2.05, 4.69) is 15.6 Å². The summed E-state index contributed by atoms with van der Waals surface area (Å²) < 4.78 is 1.46. The molecule has 3 N–H and O–H groups in total. The third kappa shape index (κ3) is 5.80. The minimum atomic E-state index is -0.654. The lowest BCUT2D eigenvalue weighted by atomic mass is 10.1. The molecule has 1 heterocycles. The van der Waals surface area contributed by atoms with E-state index in [0.29, 0.717) is 22.5 Å². The number of thioether (sulfide) groups is 1. The first-order valence-corrected chi connectivity index (χ1v) is 9.90. The van der Waals surface area contributed by atoms with E-state index in [1.807, 2.05) is 20.8 Å². The van der Waals surface area contributed by atoms with Gasteiger partial charge in [-0.2, -0.15) is 0 Å². The van der Waals surface area contributed by atoms with Gasteiger partial charge < -0.3 is 10.4 Å². The number of aromatic nitrogens is 2. The normalized spacial score (nSPS) is 12.6. The van der Waals surface area contributed by atoms with E-state index in [0.717, 1.165) is 11.8 Å². The Morgan fingerprint density at radius 3 is 2.61 bits per heavy atom. The highest BCUT2D eigenvalue weighted by Gasteiger charge is 2.22. The van der Waals surface area contributed by atoms with Crippen molar-refractivity contribution in [3.8, 4) is 0 Å². The summed E-state index contributed by atoms with van der Waals surface area (Å²) in [6.45, 7) is 7.30. The van der Waals surface area contributed by atoms with E-state index in [1.54, 1.807) is 31.2 Å². The standard InChI is InChI=1S/C19H26N4O4S/c1-12(15(25)21-17(27)22-19(2,3)4)28-18-20-14-9-6-5-8-13(14)16(26)23(18)10-7-11-24/h5-6,8-9,12,24H,7,10-11H2,1-4H3,(H2,21,22,25,27)/t12-/m1/s1. The van der Waals surface area contributed by atoms with Gasteiger partial charge in [0, 0.05) is 18.7 Å². The van der Waals surface area contributed by atoms with Crippen LogP contribution in [0.15, 0.2) is 34.2 Å². The Labute approximate surface area is 167 Å². The summed E-state index contributed by atoms with van der Waals surface area (Å²) in [6, 6.07) is 6.40. The molecule has 3 amide bonds.